The molecule has 20 heavy (non-hydrogen) atoms. The van der Waals surface area contributed by atoms with E-state index in [0.29, 0.717) is 24.2 Å². The number of carbonyl (C=O) groups is 2. The highest BCUT2D eigenvalue weighted by Gasteiger charge is 2.45. The molecule has 1 heterocycles. The molecule has 2 saturated carbocycles. The molecule has 1 N–H and O–H groups in total. The quantitative estimate of drug-likeness (QED) is 0.787. The van der Waals surface area contributed by atoms with Crippen LogP contribution in [0.1, 0.15) is 64.7 Å². The fourth-order valence-electron chi connectivity index (χ4n) is 4.86. The predicted molar refractivity (Wildman–Crippen MR) is 77.8 cm³/mol. The van der Waals surface area contributed by atoms with Gasteiger partial charge in [0.05, 0.1) is 0 Å². The Hall–Kier alpha value is -0.860. The van der Waals surface area contributed by atoms with Gasteiger partial charge in [-0.05, 0) is 49.4 Å². The Kier molecular flexibility index (Phi) is 4.13. The van der Waals surface area contributed by atoms with Crippen LogP contribution in [0.3, 0.4) is 0 Å². The van der Waals surface area contributed by atoms with Crippen LogP contribution in [0.2, 0.25) is 0 Å². The molecular formula is C17H27NO2. The van der Waals surface area contributed by atoms with E-state index in [0.717, 1.165) is 5.92 Å². The minimum atomic E-state index is -0.0344. The van der Waals surface area contributed by atoms with Crippen molar-refractivity contribution < 1.29 is 9.59 Å². The molecule has 0 spiro atoms. The summed E-state index contributed by atoms with van der Waals surface area (Å²) in [4.78, 5) is 24.2. The summed E-state index contributed by atoms with van der Waals surface area (Å²) in [6, 6.07) is 0. The van der Waals surface area contributed by atoms with Crippen LogP contribution in [-0.4, -0.2) is 11.8 Å². The summed E-state index contributed by atoms with van der Waals surface area (Å²) in [5, 5.41) is 2.61. The number of carbonyl (C=O) groups excluding carboxylic acids is 2. The molecule has 3 heteroatoms. The van der Waals surface area contributed by atoms with E-state index in [1.54, 1.807) is 0 Å². The minimum absolute atomic E-state index is 0.0344. The van der Waals surface area contributed by atoms with E-state index in [1.807, 2.05) is 0 Å². The van der Waals surface area contributed by atoms with Crippen LogP contribution in [0.15, 0.2) is 0 Å². The molecule has 1 saturated heterocycles. The molecule has 0 bridgehead atoms. The van der Waals surface area contributed by atoms with Crippen molar-refractivity contribution in [1.29, 1.82) is 0 Å². The maximum atomic E-state index is 12.4. The van der Waals surface area contributed by atoms with Gasteiger partial charge in [0.25, 0.3) is 0 Å². The molecule has 2 aliphatic carbocycles. The van der Waals surface area contributed by atoms with E-state index < -0.39 is 0 Å². The molecule has 0 aromatic rings. The molecule has 112 valence electrons. The maximum Gasteiger partial charge on any atom is 0.230 e. The van der Waals surface area contributed by atoms with Crippen LogP contribution >= 0.6 is 0 Å². The molecule has 2 unspecified atom stereocenters. The molecule has 0 aromatic heterocycles. The first-order valence-corrected chi connectivity index (χ1v) is 8.49. The third-order valence-electron chi connectivity index (χ3n) is 6.02. The lowest BCUT2D eigenvalue weighted by Gasteiger charge is -2.41. The molecule has 3 aliphatic rings. The first kappa shape index (κ1) is 14.1. The van der Waals surface area contributed by atoms with Gasteiger partial charge >= 0.3 is 0 Å². The van der Waals surface area contributed by atoms with E-state index >= 15 is 0 Å². The van der Waals surface area contributed by atoms with Gasteiger partial charge < -0.3 is 0 Å². The second-order valence-electron chi connectivity index (χ2n) is 7.37. The Morgan fingerprint density at radius 3 is 2.20 bits per heavy atom. The van der Waals surface area contributed by atoms with Gasteiger partial charge in [0.15, 0.2) is 0 Å². The summed E-state index contributed by atoms with van der Waals surface area (Å²) in [7, 11) is 0. The summed E-state index contributed by atoms with van der Waals surface area (Å²) in [6.07, 6.45) is 10.5. The molecule has 3 nitrogen and oxygen atoms in total. The van der Waals surface area contributed by atoms with Gasteiger partial charge in [0, 0.05) is 12.3 Å². The summed E-state index contributed by atoms with van der Waals surface area (Å²) < 4.78 is 0. The van der Waals surface area contributed by atoms with Gasteiger partial charge in [-0.15, -0.1) is 0 Å². The standard InChI is InChI=1S/C17H27NO2/c1-11-6-8-12(9-7-11)14-10-15(19)18-17(20)16(14)13-4-2-3-5-13/h11-14,16H,2-10H2,1H3,(H,18,19,20). The third kappa shape index (κ3) is 2.77. The van der Waals surface area contributed by atoms with Crippen molar-refractivity contribution in [2.24, 2.45) is 29.6 Å². The van der Waals surface area contributed by atoms with Crippen molar-refractivity contribution >= 4 is 11.8 Å². The molecule has 0 aromatic carbocycles. The van der Waals surface area contributed by atoms with E-state index in [9.17, 15) is 9.59 Å². The Morgan fingerprint density at radius 2 is 1.55 bits per heavy atom. The normalized spacial score (nSPS) is 39.9. The molecule has 2 amide bonds. The zero-order valence-corrected chi connectivity index (χ0v) is 12.6. The summed E-state index contributed by atoms with van der Waals surface area (Å²) in [5.74, 6) is 2.41. The molecule has 3 rings (SSSR count). The lowest BCUT2D eigenvalue weighted by Crippen LogP contribution is -2.50. The van der Waals surface area contributed by atoms with Crippen molar-refractivity contribution in [1.82, 2.24) is 5.32 Å². The Morgan fingerprint density at radius 1 is 0.900 bits per heavy atom. The van der Waals surface area contributed by atoms with Crippen molar-refractivity contribution in [2.75, 3.05) is 0 Å². The van der Waals surface area contributed by atoms with Crippen LogP contribution in [-0.2, 0) is 9.59 Å². The van der Waals surface area contributed by atoms with Crippen LogP contribution in [0, 0.1) is 29.6 Å². The number of hydrogen-bond acceptors (Lipinski definition) is 2. The maximum absolute atomic E-state index is 12.4. The SMILES string of the molecule is CC1CCC(C2CC(=O)NC(=O)C2C2CCCC2)CC1. The minimum Gasteiger partial charge on any atom is -0.296 e. The van der Waals surface area contributed by atoms with Gasteiger partial charge in [-0.1, -0.05) is 32.6 Å². The van der Waals surface area contributed by atoms with Crippen molar-refractivity contribution in [2.45, 2.75) is 64.7 Å². The van der Waals surface area contributed by atoms with Crippen LogP contribution in [0.25, 0.3) is 0 Å². The van der Waals surface area contributed by atoms with Crippen molar-refractivity contribution in [3.8, 4) is 0 Å². The highest BCUT2D eigenvalue weighted by Crippen LogP contribution is 2.45. The van der Waals surface area contributed by atoms with Gasteiger partial charge in [-0.25, -0.2) is 0 Å². The van der Waals surface area contributed by atoms with E-state index in [4.69, 9.17) is 0 Å². The van der Waals surface area contributed by atoms with Crippen LogP contribution < -0.4 is 5.32 Å². The summed E-state index contributed by atoms with van der Waals surface area (Å²) >= 11 is 0. The summed E-state index contributed by atoms with van der Waals surface area (Å²) in [5.41, 5.74) is 0. The smallest absolute Gasteiger partial charge is 0.230 e. The van der Waals surface area contributed by atoms with E-state index in [-0.39, 0.29) is 17.7 Å². The lowest BCUT2D eigenvalue weighted by atomic mass is 9.65. The molecular weight excluding hydrogens is 250 g/mol. The fraction of sp³-hybridized carbons (Fsp3) is 0.882. The topological polar surface area (TPSA) is 46.2 Å². The summed E-state index contributed by atoms with van der Waals surface area (Å²) in [6.45, 7) is 2.32. The van der Waals surface area contributed by atoms with Crippen LogP contribution in [0.5, 0.6) is 0 Å². The van der Waals surface area contributed by atoms with E-state index in [2.05, 4.69) is 12.2 Å². The van der Waals surface area contributed by atoms with Gasteiger partial charge in [0.2, 0.25) is 11.8 Å². The Bertz CT molecular complexity index is 378. The number of rotatable bonds is 2. The molecule has 3 fully saturated rings. The zero-order chi connectivity index (χ0) is 14.1. The Labute approximate surface area is 121 Å². The predicted octanol–water partition coefficient (Wildman–Crippen LogP) is 3.28. The number of amides is 2. The van der Waals surface area contributed by atoms with Crippen LogP contribution in [0.4, 0.5) is 0 Å². The van der Waals surface area contributed by atoms with Gasteiger partial charge in [-0.3, -0.25) is 14.9 Å². The van der Waals surface area contributed by atoms with Crippen molar-refractivity contribution in [3.63, 3.8) is 0 Å². The number of imide groups is 1. The van der Waals surface area contributed by atoms with Crippen molar-refractivity contribution in [3.05, 3.63) is 0 Å². The first-order valence-electron chi connectivity index (χ1n) is 8.49. The average molecular weight is 277 g/mol. The largest absolute Gasteiger partial charge is 0.296 e. The number of piperidine rings is 1. The Balaban J connectivity index is 1.76. The third-order valence-corrected chi connectivity index (χ3v) is 6.02. The molecule has 1 aliphatic heterocycles. The lowest BCUT2D eigenvalue weighted by molar-refractivity contribution is -0.142. The highest BCUT2D eigenvalue weighted by atomic mass is 16.2. The highest BCUT2D eigenvalue weighted by molar-refractivity contribution is 5.99. The van der Waals surface area contributed by atoms with Gasteiger partial charge in [-0.2, -0.15) is 0 Å². The first-order chi connectivity index (χ1) is 9.65. The monoisotopic (exact) mass is 277 g/mol. The fourth-order valence-corrected chi connectivity index (χ4v) is 4.86. The molecule has 2 atom stereocenters. The zero-order valence-electron chi connectivity index (χ0n) is 12.6. The number of nitrogens with one attached hydrogen (secondary N) is 1. The van der Waals surface area contributed by atoms with E-state index in [1.165, 1.54) is 51.4 Å². The molecule has 0 radical (unpaired) electrons. The second kappa shape index (κ2) is 5.87. The average Bonchev–Trinajstić information content (AvgIpc) is 2.92. The van der Waals surface area contributed by atoms with Gasteiger partial charge in [0.1, 0.15) is 0 Å². The second-order valence-corrected chi connectivity index (χ2v) is 7.37. The number of hydrogen-bond donors (Lipinski definition) is 1.